The Kier molecular flexibility index (Phi) is 7.53. The van der Waals surface area contributed by atoms with Gasteiger partial charge in [-0.05, 0) is 91.3 Å². The number of aromatic hydroxyl groups is 1. The van der Waals surface area contributed by atoms with E-state index < -0.39 is 17.2 Å². The number of rotatable bonds is 8. The Morgan fingerprint density at radius 3 is 2.00 bits per heavy atom. The number of hydrogen-bond donors (Lipinski definition) is 1. The molecule has 5 aromatic rings. The summed E-state index contributed by atoms with van der Waals surface area (Å²) >= 11 is 0. The van der Waals surface area contributed by atoms with Crippen LogP contribution in [0.25, 0.3) is 21.9 Å². The zero-order chi connectivity index (χ0) is 28.6. The van der Waals surface area contributed by atoms with Gasteiger partial charge in [0.05, 0.1) is 29.0 Å². The summed E-state index contributed by atoms with van der Waals surface area (Å²) in [7, 11) is 0. The van der Waals surface area contributed by atoms with Crippen molar-refractivity contribution in [2.45, 2.75) is 59.8 Å². The summed E-state index contributed by atoms with van der Waals surface area (Å²) < 4.78 is 17.6. The van der Waals surface area contributed by atoms with Gasteiger partial charge < -0.3 is 18.7 Å². The van der Waals surface area contributed by atoms with Crippen molar-refractivity contribution in [3.8, 4) is 11.5 Å². The van der Waals surface area contributed by atoms with Crippen molar-refractivity contribution < 1.29 is 18.7 Å². The zero-order valence-electron chi connectivity index (χ0n) is 23.6. The minimum absolute atomic E-state index is 0.00700. The molecule has 2 heterocycles. The lowest BCUT2D eigenvalue weighted by Crippen LogP contribution is -2.22. The normalized spacial score (nSPS) is 12.2. The van der Waals surface area contributed by atoms with Gasteiger partial charge in [-0.1, -0.05) is 45.0 Å². The molecule has 0 amide bonds. The molecule has 0 fully saturated rings. The van der Waals surface area contributed by atoms with Gasteiger partial charge >= 0.3 is 11.3 Å². The number of aryl methyl sites for hydroxylation is 4. The fourth-order valence-electron chi connectivity index (χ4n) is 5.33. The number of hydrogen-bond acceptors (Lipinski definition) is 6. The van der Waals surface area contributed by atoms with Crippen molar-refractivity contribution in [2.24, 2.45) is 0 Å². The molecule has 0 aliphatic carbocycles. The summed E-state index contributed by atoms with van der Waals surface area (Å²) in [5.74, 6) is -0.510. The van der Waals surface area contributed by atoms with E-state index in [1.807, 2.05) is 70.2 Å². The highest BCUT2D eigenvalue weighted by atomic mass is 16.5. The molecule has 1 N–H and O–H groups in total. The van der Waals surface area contributed by atoms with Crippen molar-refractivity contribution in [3.63, 3.8) is 0 Å². The molecule has 1 unspecified atom stereocenters. The lowest BCUT2D eigenvalue weighted by Gasteiger charge is -2.22. The average molecular weight is 539 g/mol. The van der Waals surface area contributed by atoms with Gasteiger partial charge in [0.25, 0.3) is 0 Å². The summed E-state index contributed by atoms with van der Waals surface area (Å²) in [6.45, 7) is 10.4. The fraction of sp³-hybridized carbons (Fsp3) is 0.294. The van der Waals surface area contributed by atoms with E-state index >= 15 is 0 Å². The zero-order valence-corrected chi connectivity index (χ0v) is 23.6. The Balaban J connectivity index is 1.88. The highest BCUT2D eigenvalue weighted by molar-refractivity contribution is 5.86. The lowest BCUT2D eigenvalue weighted by atomic mass is 9.82. The van der Waals surface area contributed by atoms with Gasteiger partial charge in [-0.15, -0.1) is 0 Å². The molecular weight excluding hydrogens is 504 g/mol. The molecule has 40 heavy (non-hydrogen) atoms. The van der Waals surface area contributed by atoms with E-state index in [0.29, 0.717) is 34.5 Å². The van der Waals surface area contributed by atoms with Crippen LogP contribution < -0.4 is 16.0 Å². The molecule has 0 saturated heterocycles. The van der Waals surface area contributed by atoms with Crippen LogP contribution in [0.1, 0.15) is 72.1 Å². The predicted molar refractivity (Wildman–Crippen MR) is 158 cm³/mol. The first-order chi connectivity index (χ1) is 19.3. The summed E-state index contributed by atoms with van der Waals surface area (Å²) in [5.41, 5.74) is 4.05. The molecule has 5 rings (SSSR count). The summed E-state index contributed by atoms with van der Waals surface area (Å²) in [6.07, 6.45) is 2.39. The van der Waals surface area contributed by atoms with E-state index in [1.54, 1.807) is 12.1 Å². The Morgan fingerprint density at radius 2 is 1.38 bits per heavy atom. The minimum atomic E-state index is -0.957. The van der Waals surface area contributed by atoms with Gasteiger partial charge in [-0.3, -0.25) is 0 Å². The summed E-state index contributed by atoms with van der Waals surface area (Å²) in [4.78, 5) is 27.3. The van der Waals surface area contributed by atoms with Crippen LogP contribution in [0.3, 0.4) is 0 Å². The SMILES string of the molecule is CCCOc1cc(C(c2c(C)c3cc(CC)ccc3oc2=O)c2c(O)c3cc(CC)ccc3oc2=O)ccc1C. The first-order valence-corrected chi connectivity index (χ1v) is 13.8. The topological polar surface area (TPSA) is 89.9 Å². The van der Waals surface area contributed by atoms with Crippen molar-refractivity contribution >= 4 is 21.9 Å². The maximum absolute atomic E-state index is 13.7. The van der Waals surface area contributed by atoms with Crippen LogP contribution in [0.15, 0.2) is 73.0 Å². The van der Waals surface area contributed by atoms with Crippen LogP contribution in [0.2, 0.25) is 0 Å². The molecule has 6 heteroatoms. The Hall–Kier alpha value is -4.32. The molecule has 3 aromatic carbocycles. The molecule has 0 aliphatic rings. The van der Waals surface area contributed by atoms with Crippen molar-refractivity contribution in [1.82, 2.24) is 0 Å². The third-order valence-corrected chi connectivity index (χ3v) is 7.65. The summed E-state index contributed by atoms with van der Waals surface area (Å²) in [5, 5.41) is 12.9. The standard InChI is InChI=1S/C34H34O6/c1-6-15-38-28-18-23(12-9-19(28)4)30(29-20(5)24-16-21(7-2)10-13-26(24)39-33(29)36)31-32(35)25-17-22(8-3)11-14-27(25)40-34(31)37/h9-14,16-18,30,35H,6-8,15H2,1-5H3. The molecule has 206 valence electrons. The van der Waals surface area contributed by atoms with E-state index in [4.69, 9.17) is 13.6 Å². The number of ether oxygens (including phenoxy) is 1. The van der Waals surface area contributed by atoms with Gasteiger partial charge in [-0.2, -0.15) is 0 Å². The molecule has 0 aliphatic heterocycles. The van der Waals surface area contributed by atoms with Gasteiger partial charge in [0.15, 0.2) is 0 Å². The molecule has 0 bridgehead atoms. The fourth-order valence-corrected chi connectivity index (χ4v) is 5.33. The highest BCUT2D eigenvalue weighted by Crippen LogP contribution is 2.41. The quantitative estimate of drug-likeness (QED) is 0.208. The Bertz CT molecular complexity index is 1740. The molecule has 0 saturated carbocycles. The summed E-state index contributed by atoms with van der Waals surface area (Å²) in [6, 6.07) is 16.7. The van der Waals surface area contributed by atoms with Crippen molar-refractivity contribution in [2.75, 3.05) is 6.61 Å². The lowest BCUT2D eigenvalue weighted by molar-refractivity contribution is 0.315. The third kappa shape index (κ3) is 4.79. The molecule has 0 radical (unpaired) electrons. The van der Waals surface area contributed by atoms with Crippen molar-refractivity contribution in [3.05, 3.63) is 114 Å². The average Bonchev–Trinajstić information content (AvgIpc) is 2.95. The van der Waals surface area contributed by atoms with Crippen LogP contribution >= 0.6 is 0 Å². The van der Waals surface area contributed by atoms with Crippen molar-refractivity contribution in [1.29, 1.82) is 0 Å². The van der Waals surface area contributed by atoms with Crippen LogP contribution in [-0.2, 0) is 12.8 Å². The van der Waals surface area contributed by atoms with Gasteiger partial charge in [0.2, 0.25) is 0 Å². The van der Waals surface area contributed by atoms with Crippen LogP contribution in [-0.4, -0.2) is 11.7 Å². The van der Waals surface area contributed by atoms with E-state index in [9.17, 15) is 14.7 Å². The smallest absolute Gasteiger partial charge is 0.344 e. The molecule has 6 nitrogen and oxygen atoms in total. The first kappa shape index (κ1) is 27.3. The monoisotopic (exact) mass is 538 g/mol. The predicted octanol–water partition coefficient (Wildman–Crippen LogP) is 7.32. The third-order valence-electron chi connectivity index (χ3n) is 7.65. The maximum Gasteiger partial charge on any atom is 0.344 e. The van der Waals surface area contributed by atoms with Gasteiger partial charge in [0.1, 0.15) is 22.7 Å². The van der Waals surface area contributed by atoms with Crippen LogP contribution in [0, 0.1) is 13.8 Å². The maximum atomic E-state index is 13.7. The largest absolute Gasteiger partial charge is 0.507 e. The van der Waals surface area contributed by atoms with Gasteiger partial charge in [0, 0.05) is 5.39 Å². The molecule has 0 spiro atoms. The van der Waals surface area contributed by atoms with E-state index in [-0.39, 0.29) is 22.5 Å². The second-order valence-electron chi connectivity index (χ2n) is 10.3. The van der Waals surface area contributed by atoms with Crippen LogP contribution in [0.5, 0.6) is 11.5 Å². The molecule has 1 atom stereocenters. The minimum Gasteiger partial charge on any atom is -0.507 e. The second kappa shape index (κ2) is 11.0. The van der Waals surface area contributed by atoms with Crippen LogP contribution in [0.4, 0.5) is 0 Å². The molecular formula is C34H34O6. The van der Waals surface area contributed by atoms with E-state index in [2.05, 4.69) is 6.92 Å². The van der Waals surface area contributed by atoms with Gasteiger partial charge in [-0.25, -0.2) is 9.59 Å². The number of fused-ring (bicyclic) bond motifs is 2. The molecule has 2 aromatic heterocycles. The first-order valence-electron chi connectivity index (χ1n) is 13.8. The highest BCUT2D eigenvalue weighted by Gasteiger charge is 2.32. The van der Waals surface area contributed by atoms with E-state index in [1.165, 1.54) is 0 Å². The number of benzene rings is 3. The Labute approximate surface area is 232 Å². The second-order valence-corrected chi connectivity index (χ2v) is 10.3. The Morgan fingerprint density at radius 1 is 0.775 bits per heavy atom. The van der Waals surface area contributed by atoms with E-state index in [0.717, 1.165) is 41.3 Å².